The lowest BCUT2D eigenvalue weighted by Gasteiger charge is -2.50. The Hall–Kier alpha value is -1.43. The van der Waals surface area contributed by atoms with Crippen molar-refractivity contribution in [2.45, 2.75) is 51.1 Å². The average Bonchev–Trinajstić information content (AvgIpc) is 2.69. The molecule has 4 rings (SSSR count). The van der Waals surface area contributed by atoms with Crippen molar-refractivity contribution in [1.29, 1.82) is 0 Å². The van der Waals surface area contributed by atoms with E-state index in [2.05, 4.69) is 11.8 Å². The van der Waals surface area contributed by atoms with E-state index in [4.69, 9.17) is 10.5 Å². The van der Waals surface area contributed by atoms with Gasteiger partial charge in [-0.15, -0.1) is 0 Å². The van der Waals surface area contributed by atoms with Crippen LogP contribution in [0.1, 0.15) is 39.0 Å². The van der Waals surface area contributed by atoms with Gasteiger partial charge in [0.2, 0.25) is 5.91 Å². The number of nitrogens with two attached hydrogens (primary N) is 1. The molecule has 4 aliphatic rings. The van der Waals surface area contributed by atoms with E-state index in [0.717, 1.165) is 25.8 Å². The first-order chi connectivity index (χ1) is 11.4. The van der Waals surface area contributed by atoms with Crippen LogP contribution in [-0.4, -0.2) is 48.3 Å². The predicted molar refractivity (Wildman–Crippen MR) is 85.7 cm³/mol. The zero-order valence-corrected chi connectivity index (χ0v) is 14.4. The summed E-state index contributed by atoms with van der Waals surface area (Å²) in [4.78, 5) is 40.0. The van der Waals surface area contributed by atoms with Crippen LogP contribution in [0.3, 0.4) is 0 Å². The summed E-state index contributed by atoms with van der Waals surface area (Å²) in [6.07, 6.45) is 3.37. The van der Waals surface area contributed by atoms with Gasteiger partial charge in [-0.3, -0.25) is 19.3 Å². The highest BCUT2D eigenvalue weighted by Gasteiger charge is 2.70. The van der Waals surface area contributed by atoms with Crippen LogP contribution < -0.4 is 5.73 Å². The fraction of sp³-hybridized carbons (Fsp3) is 0.833. The largest absolute Gasteiger partial charge is 0.468 e. The lowest BCUT2D eigenvalue weighted by atomic mass is 9.62. The summed E-state index contributed by atoms with van der Waals surface area (Å²) in [7, 11) is 1.33. The molecular formula is C18H26N2O4. The number of carbonyl (C=O) groups excluding carboxylic acids is 3. The maximum absolute atomic E-state index is 13.5. The standard InChI is InChI=1S/C18H26N2O4/c1-9-5-12-11-7-10-8-20(13(11)6-9)15(12)16(22)18(10,17(23)24-2)4-3-14(19)21/h9-13,15H,3-8H2,1-2H3,(H2,19,21). The molecule has 0 radical (unpaired) electrons. The molecule has 132 valence electrons. The van der Waals surface area contributed by atoms with Crippen molar-refractivity contribution in [1.82, 2.24) is 4.90 Å². The van der Waals surface area contributed by atoms with Gasteiger partial charge in [0.05, 0.1) is 13.2 Å². The molecule has 3 saturated heterocycles. The first kappa shape index (κ1) is 16.1. The van der Waals surface area contributed by atoms with Gasteiger partial charge < -0.3 is 10.5 Å². The second kappa shape index (κ2) is 5.28. The van der Waals surface area contributed by atoms with E-state index in [-0.39, 0.29) is 30.6 Å². The minimum Gasteiger partial charge on any atom is -0.468 e. The number of esters is 1. The Labute approximate surface area is 142 Å². The summed E-state index contributed by atoms with van der Waals surface area (Å²) in [5.41, 5.74) is 4.15. The maximum Gasteiger partial charge on any atom is 0.319 e. The zero-order valence-electron chi connectivity index (χ0n) is 14.4. The monoisotopic (exact) mass is 334 g/mol. The van der Waals surface area contributed by atoms with E-state index in [1.807, 2.05) is 0 Å². The number of carbonyl (C=O) groups is 3. The number of primary amides is 1. The molecule has 6 heteroatoms. The molecule has 5 bridgehead atoms. The summed E-state index contributed by atoms with van der Waals surface area (Å²) < 4.78 is 5.06. The molecule has 2 N–H and O–H groups in total. The fourth-order valence-electron chi connectivity index (χ4n) is 6.41. The number of methoxy groups -OCH3 is 1. The van der Waals surface area contributed by atoms with E-state index in [1.165, 1.54) is 7.11 Å². The van der Waals surface area contributed by atoms with Crippen molar-refractivity contribution < 1.29 is 19.1 Å². The lowest BCUT2D eigenvalue weighted by molar-refractivity contribution is -0.172. The second-order valence-electron chi connectivity index (χ2n) is 8.34. The lowest BCUT2D eigenvalue weighted by Crippen LogP contribution is -2.64. The van der Waals surface area contributed by atoms with Crippen LogP contribution in [-0.2, 0) is 19.1 Å². The van der Waals surface area contributed by atoms with Crippen LogP contribution in [0.15, 0.2) is 0 Å². The molecule has 3 heterocycles. The summed E-state index contributed by atoms with van der Waals surface area (Å²) in [5.74, 6) is 0.510. The molecule has 0 aromatic heterocycles. The van der Waals surface area contributed by atoms with Crippen molar-refractivity contribution in [2.24, 2.45) is 34.8 Å². The van der Waals surface area contributed by atoms with E-state index in [0.29, 0.717) is 23.8 Å². The molecule has 1 aliphatic carbocycles. The number of rotatable bonds is 4. The first-order valence-electron chi connectivity index (χ1n) is 9.07. The molecule has 0 spiro atoms. The van der Waals surface area contributed by atoms with Crippen LogP contribution in [0.4, 0.5) is 0 Å². The van der Waals surface area contributed by atoms with Gasteiger partial charge >= 0.3 is 5.97 Å². The number of nitrogens with zero attached hydrogens (tertiary/aromatic N) is 1. The molecule has 8 atom stereocenters. The number of hydrogen-bond acceptors (Lipinski definition) is 5. The van der Waals surface area contributed by atoms with Gasteiger partial charge in [-0.2, -0.15) is 0 Å². The summed E-state index contributed by atoms with van der Waals surface area (Å²) in [6, 6.07) is 0.325. The molecule has 0 aromatic rings. The smallest absolute Gasteiger partial charge is 0.319 e. The molecule has 1 saturated carbocycles. The highest BCUT2D eigenvalue weighted by atomic mass is 16.5. The number of piperidine rings is 2. The number of fused-ring (bicyclic) bond motifs is 2. The molecule has 4 fully saturated rings. The van der Waals surface area contributed by atoms with Crippen LogP contribution in [0.2, 0.25) is 0 Å². The summed E-state index contributed by atoms with van der Waals surface area (Å²) >= 11 is 0. The Balaban J connectivity index is 1.75. The van der Waals surface area contributed by atoms with Gasteiger partial charge in [-0.25, -0.2) is 0 Å². The Morgan fingerprint density at radius 2 is 2.04 bits per heavy atom. The van der Waals surface area contributed by atoms with E-state index in [1.54, 1.807) is 0 Å². The van der Waals surface area contributed by atoms with Gasteiger partial charge in [0, 0.05) is 19.0 Å². The van der Waals surface area contributed by atoms with Crippen LogP contribution in [0, 0.1) is 29.1 Å². The Kier molecular flexibility index (Phi) is 3.53. The highest BCUT2D eigenvalue weighted by molar-refractivity contribution is 6.08. The summed E-state index contributed by atoms with van der Waals surface area (Å²) in [5, 5.41) is 0. The molecule has 1 amide bonds. The number of ether oxygens (including phenoxy) is 1. The van der Waals surface area contributed by atoms with Gasteiger partial charge in [0.15, 0.2) is 5.78 Å². The highest BCUT2D eigenvalue weighted by Crippen LogP contribution is 2.61. The Morgan fingerprint density at radius 1 is 1.29 bits per heavy atom. The average molecular weight is 334 g/mol. The van der Waals surface area contributed by atoms with E-state index >= 15 is 0 Å². The minimum atomic E-state index is -1.17. The number of Topliss-reactive ketones (excluding diaryl/α,β-unsaturated/α-hetero) is 1. The van der Waals surface area contributed by atoms with Gasteiger partial charge in [-0.1, -0.05) is 6.92 Å². The van der Waals surface area contributed by atoms with Crippen molar-refractivity contribution in [3.63, 3.8) is 0 Å². The van der Waals surface area contributed by atoms with E-state index in [9.17, 15) is 14.4 Å². The molecular weight excluding hydrogens is 308 g/mol. The predicted octanol–water partition coefficient (Wildman–Crippen LogP) is 0.729. The second-order valence-corrected chi connectivity index (χ2v) is 8.34. The van der Waals surface area contributed by atoms with E-state index < -0.39 is 17.3 Å². The molecule has 3 aliphatic heterocycles. The molecule has 8 unspecified atom stereocenters. The third-order valence-corrected chi connectivity index (χ3v) is 7.26. The summed E-state index contributed by atoms with van der Waals surface area (Å²) in [6.45, 7) is 3.04. The van der Waals surface area contributed by atoms with Gasteiger partial charge in [0.25, 0.3) is 0 Å². The number of ketones is 1. The van der Waals surface area contributed by atoms with Crippen molar-refractivity contribution in [2.75, 3.05) is 13.7 Å². The molecule has 0 aromatic carbocycles. The van der Waals surface area contributed by atoms with Gasteiger partial charge in [0.1, 0.15) is 5.41 Å². The number of hydrogen-bond donors (Lipinski definition) is 1. The van der Waals surface area contributed by atoms with Crippen LogP contribution in [0.5, 0.6) is 0 Å². The van der Waals surface area contributed by atoms with Crippen LogP contribution in [0.25, 0.3) is 0 Å². The third-order valence-electron chi connectivity index (χ3n) is 7.26. The quantitative estimate of drug-likeness (QED) is 0.605. The Bertz CT molecular complexity index is 606. The van der Waals surface area contributed by atoms with Crippen LogP contribution >= 0.6 is 0 Å². The topological polar surface area (TPSA) is 89.7 Å². The maximum atomic E-state index is 13.5. The number of amides is 1. The third kappa shape index (κ3) is 1.89. The fourth-order valence-corrected chi connectivity index (χ4v) is 6.41. The SMILES string of the molecule is COC(=O)C1(CCC(N)=O)C(=O)C2C3CC(C)CC4C3CC1CN42. The minimum absolute atomic E-state index is 0.00375. The van der Waals surface area contributed by atoms with Gasteiger partial charge in [-0.05, 0) is 49.4 Å². The normalized spacial score (nSPS) is 48.4. The van der Waals surface area contributed by atoms with Crippen molar-refractivity contribution >= 4 is 17.7 Å². The zero-order chi connectivity index (χ0) is 17.2. The Morgan fingerprint density at radius 3 is 2.71 bits per heavy atom. The molecule has 24 heavy (non-hydrogen) atoms. The van der Waals surface area contributed by atoms with Crippen molar-refractivity contribution in [3.8, 4) is 0 Å². The molecule has 6 nitrogen and oxygen atoms in total. The first-order valence-corrected chi connectivity index (χ1v) is 9.07. The van der Waals surface area contributed by atoms with Crippen molar-refractivity contribution in [3.05, 3.63) is 0 Å².